The number of nitrogens with zero attached hydrogens (tertiary/aromatic N) is 1. The molecule has 1 atom stereocenters. The third-order valence-corrected chi connectivity index (χ3v) is 4.44. The zero-order chi connectivity index (χ0) is 14.8. The van der Waals surface area contributed by atoms with E-state index in [1.807, 2.05) is 0 Å². The number of halogens is 1. The van der Waals surface area contributed by atoms with Crippen molar-refractivity contribution >= 4 is 22.4 Å². The third-order valence-electron chi connectivity index (χ3n) is 3.02. The molecule has 1 aliphatic rings. The number of ether oxygens (including phenoxy) is 2. The first-order valence-corrected chi connectivity index (χ1v) is 8.26. The van der Waals surface area contributed by atoms with Crippen molar-refractivity contribution in [3.05, 3.63) is 46.1 Å². The second kappa shape index (κ2) is 6.17. The van der Waals surface area contributed by atoms with Crippen molar-refractivity contribution in [3.8, 4) is 5.75 Å². The van der Waals surface area contributed by atoms with Crippen molar-refractivity contribution in [2.75, 3.05) is 6.79 Å². The standard InChI is InChI=1S/C14H14ClNO4S/c1-9-4-16-13(20-9)7-21(17)6-11-3-12(15)2-10-5-18-8-19-14(10)11/h2-4H,5-8H2,1H3/t21-/m0/s1. The zero-order valence-electron chi connectivity index (χ0n) is 11.4. The largest absolute Gasteiger partial charge is 0.467 e. The zero-order valence-corrected chi connectivity index (χ0v) is 13.0. The smallest absolute Gasteiger partial charge is 0.206 e. The lowest BCUT2D eigenvalue weighted by Gasteiger charge is -2.20. The summed E-state index contributed by atoms with van der Waals surface area (Å²) in [5, 5.41) is 0.585. The van der Waals surface area contributed by atoms with Crippen LogP contribution in [0.5, 0.6) is 5.75 Å². The Balaban J connectivity index is 1.78. The summed E-state index contributed by atoms with van der Waals surface area (Å²) in [5.74, 6) is 2.52. The number of hydrogen-bond acceptors (Lipinski definition) is 5. The van der Waals surface area contributed by atoms with E-state index in [4.69, 9.17) is 25.5 Å². The van der Waals surface area contributed by atoms with Gasteiger partial charge in [0.05, 0.1) is 18.6 Å². The summed E-state index contributed by atoms with van der Waals surface area (Å²) in [6, 6.07) is 3.59. The number of benzene rings is 1. The topological polar surface area (TPSA) is 61.6 Å². The highest BCUT2D eigenvalue weighted by atomic mass is 35.5. The van der Waals surface area contributed by atoms with Gasteiger partial charge in [-0.2, -0.15) is 0 Å². The van der Waals surface area contributed by atoms with Crippen LogP contribution in [-0.4, -0.2) is 16.0 Å². The first-order valence-electron chi connectivity index (χ1n) is 6.40. The number of aryl methyl sites for hydroxylation is 1. The van der Waals surface area contributed by atoms with Gasteiger partial charge in [-0.25, -0.2) is 4.98 Å². The third kappa shape index (κ3) is 3.45. The number of aromatic nitrogens is 1. The molecule has 1 aliphatic heterocycles. The fraction of sp³-hybridized carbons (Fsp3) is 0.357. The van der Waals surface area contributed by atoms with Gasteiger partial charge in [-0.3, -0.25) is 4.21 Å². The van der Waals surface area contributed by atoms with Crippen molar-refractivity contribution in [1.29, 1.82) is 0 Å². The van der Waals surface area contributed by atoms with Gasteiger partial charge in [-0.05, 0) is 19.1 Å². The molecule has 21 heavy (non-hydrogen) atoms. The number of hydrogen-bond donors (Lipinski definition) is 0. The van der Waals surface area contributed by atoms with Crippen molar-refractivity contribution in [1.82, 2.24) is 4.98 Å². The molecule has 0 spiro atoms. The predicted molar refractivity (Wildman–Crippen MR) is 78.5 cm³/mol. The minimum absolute atomic E-state index is 0.202. The van der Waals surface area contributed by atoms with Crippen LogP contribution in [0.4, 0.5) is 0 Å². The molecule has 0 fully saturated rings. The summed E-state index contributed by atoms with van der Waals surface area (Å²) < 4.78 is 28.4. The van der Waals surface area contributed by atoms with Crippen LogP contribution in [0.25, 0.3) is 0 Å². The van der Waals surface area contributed by atoms with Crippen molar-refractivity contribution in [2.24, 2.45) is 0 Å². The van der Waals surface area contributed by atoms with E-state index in [1.165, 1.54) is 0 Å². The minimum Gasteiger partial charge on any atom is -0.467 e. The molecule has 0 amide bonds. The van der Waals surface area contributed by atoms with E-state index in [2.05, 4.69) is 4.98 Å². The number of oxazole rings is 1. The Morgan fingerprint density at radius 2 is 2.24 bits per heavy atom. The summed E-state index contributed by atoms with van der Waals surface area (Å²) >= 11 is 6.09. The highest BCUT2D eigenvalue weighted by Crippen LogP contribution is 2.32. The Morgan fingerprint density at radius 3 is 3.00 bits per heavy atom. The van der Waals surface area contributed by atoms with Crippen LogP contribution in [0.15, 0.2) is 22.7 Å². The van der Waals surface area contributed by atoms with Crippen LogP contribution in [0, 0.1) is 6.92 Å². The van der Waals surface area contributed by atoms with E-state index in [0.717, 1.165) is 16.9 Å². The average molecular weight is 328 g/mol. The van der Waals surface area contributed by atoms with Gasteiger partial charge in [0.15, 0.2) is 6.79 Å². The molecular weight excluding hydrogens is 314 g/mol. The van der Waals surface area contributed by atoms with Gasteiger partial charge in [0.1, 0.15) is 17.3 Å². The van der Waals surface area contributed by atoms with Gasteiger partial charge in [0.25, 0.3) is 0 Å². The van der Waals surface area contributed by atoms with E-state index < -0.39 is 10.8 Å². The van der Waals surface area contributed by atoms with Crippen LogP contribution in [0.3, 0.4) is 0 Å². The van der Waals surface area contributed by atoms with Crippen LogP contribution in [0.1, 0.15) is 22.8 Å². The molecule has 112 valence electrons. The molecule has 1 aromatic heterocycles. The van der Waals surface area contributed by atoms with Crippen molar-refractivity contribution in [2.45, 2.75) is 25.0 Å². The fourth-order valence-electron chi connectivity index (χ4n) is 2.19. The maximum Gasteiger partial charge on any atom is 0.206 e. The summed E-state index contributed by atoms with van der Waals surface area (Å²) in [6.45, 7) is 2.46. The van der Waals surface area contributed by atoms with Crippen molar-refractivity contribution < 1.29 is 18.1 Å². The van der Waals surface area contributed by atoms with Crippen LogP contribution in [0.2, 0.25) is 5.02 Å². The average Bonchev–Trinajstić information content (AvgIpc) is 2.83. The lowest BCUT2D eigenvalue weighted by molar-refractivity contribution is -0.0169. The fourth-order valence-corrected chi connectivity index (χ4v) is 3.53. The molecule has 0 saturated carbocycles. The van der Waals surface area contributed by atoms with Crippen LogP contribution in [-0.2, 0) is 33.6 Å². The normalized spacial score (nSPS) is 15.3. The van der Waals surface area contributed by atoms with E-state index in [-0.39, 0.29) is 12.5 Å². The van der Waals surface area contributed by atoms with Crippen LogP contribution < -0.4 is 4.74 Å². The number of fused-ring (bicyclic) bond motifs is 1. The molecule has 0 radical (unpaired) electrons. The molecule has 0 saturated heterocycles. The summed E-state index contributed by atoms with van der Waals surface area (Å²) in [7, 11) is -1.15. The second-order valence-corrected chi connectivity index (χ2v) is 6.65. The van der Waals surface area contributed by atoms with Gasteiger partial charge in [0.2, 0.25) is 5.89 Å². The molecule has 1 aromatic carbocycles. The Labute approximate surface area is 129 Å². The van der Waals surface area contributed by atoms with E-state index in [0.29, 0.717) is 29.0 Å². The molecule has 3 rings (SSSR count). The minimum atomic E-state index is -1.15. The quantitative estimate of drug-likeness (QED) is 0.864. The van der Waals surface area contributed by atoms with Crippen molar-refractivity contribution in [3.63, 3.8) is 0 Å². The summed E-state index contributed by atoms with van der Waals surface area (Å²) in [6.07, 6.45) is 1.62. The maximum atomic E-state index is 12.3. The van der Waals surface area contributed by atoms with Gasteiger partial charge in [0, 0.05) is 26.9 Å². The Bertz CT molecular complexity index is 686. The molecule has 0 aliphatic carbocycles. The summed E-state index contributed by atoms with van der Waals surface area (Å²) in [4.78, 5) is 4.07. The molecule has 5 nitrogen and oxygen atoms in total. The molecule has 0 unspecified atom stereocenters. The number of rotatable bonds is 4. The Kier molecular flexibility index (Phi) is 4.28. The lowest BCUT2D eigenvalue weighted by atomic mass is 10.1. The molecular formula is C14H14ClNO4S. The van der Waals surface area contributed by atoms with Gasteiger partial charge in [-0.15, -0.1) is 0 Å². The Hall–Kier alpha value is -1.37. The molecule has 0 N–H and O–H groups in total. The molecule has 2 aromatic rings. The van der Waals surface area contributed by atoms with Gasteiger partial charge < -0.3 is 13.9 Å². The van der Waals surface area contributed by atoms with Gasteiger partial charge in [-0.1, -0.05) is 11.6 Å². The van der Waals surface area contributed by atoms with E-state index in [1.54, 1.807) is 25.3 Å². The first kappa shape index (κ1) is 14.6. The Morgan fingerprint density at radius 1 is 1.38 bits per heavy atom. The SMILES string of the molecule is Cc1cnc(C[S@@](=O)Cc2cc(Cl)cc3c2OCOC3)o1. The monoisotopic (exact) mass is 327 g/mol. The predicted octanol–water partition coefficient (Wildman–Crippen LogP) is 2.95. The first-order chi connectivity index (χ1) is 10.1. The summed E-state index contributed by atoms with van der Waals surface area (Å²) in [5.41, 5.74) is 1.70. The van der Waals surface area contributed by atoms with Gasteiger partial charge >= 0.3 is 0 Å². The lowest BCUT2D eigenvalue weighted by Crippen LogP contribution is -2.14. The molecule has 7 heteroatoms. The van der Waals surface area contributed by atoms with Crippen LogP contribution >= 0.6 is 11.6 Å². The molecule has 0 bridgehead atoms. The highest BCUT2D eigenvalue weighted by Gasteiger charge is 2.18. The van der Waals surface area contributed by atoms with E-state index >= 15 is 0 Å². The molecule has 2 heterocycles. The maximum absolute atomic E-state index is 12.3. The van der Waals surface area contributed by atoms with E-state index in [9.17, 15) is 4.21 Å². The second-order valence-electron chi connectivity index (χ2n) is 4.76. The highest BCUT2D eigenvalue weighted by molar-refractivity contribution is 7.83.